The summed E-state index contributed by atoms with van der Waals surface area (Å²) in [4.78, 5) is 0.989. The zero-order valence-electron chi connectivity index (χ0n) is 10.1. The van der Waals surface area contributed by atoms with E-state index in [2.05, 4.69) is 22.4 Å². The van der Waals surface area contributed by atoms with Crippen molar-refractivity contribution in [1.82, 2.24) is 14.8 Å². The number of hydrogen-bond acceptors (Lipinski definition) is 4. The van der Waals surface area contributed by atoms with Crippen LogP contribution in [0.15, 0.2) is 5.38 Å². The van der Waals surface area contributed by atoms with Crippen LogP contribution in [0.3, 0.4) is 0 Å². The van der Waals surface area contributed by atoms with E-state index in [1.54, 1.807) is 11.3 Å². The fourth-order valence-corrected chi connectivity index (χ4v) is 2.91. The van der Waals surface area contributed by atoms with Gasteiger partial charge in [-0.15, -0.1) is 21.5 Å². The second-order valence-electron chi connectivity index (χ2n) is 3.68. The van der Waals surface area contributed by atoms with Crippen LogP contribution in [0, 0.1) is 6.92 Å². The molecule has 0 aliphatic rings. The zero-order chi connectivity index (χ0) is 12.4. The van der Waals surface area contributed by atoms with Crippen LogP contribution in [0.5, 0.6) is 0 Å². The van der Waals surface area contributed by atoms with Crippen molar-refractivity contribution in [1.29, 1.82) is 0 Å². The number of nitrogens with one attached hydrogen (secondary N) is 1. The molecule has 0 amide bonds. The molecule has 92 valence electrons. The molecule has 0 fully saturated rings. The lowest BCUT2D eigenvalue weighted by Gasteiger charge is -2.07. The van der Waals surface area contributed by atoms with E-state index < -0.39 is 0 Å². The lowest BCUT2D eigenvalue weighted by molar-refractivity contribution is 0.771. The molecule has 17 heavy (non-hydrogen) atoms. The lowest BCUT2D eigenvalue weighted by Crippen LogP contribution is -2.06. The molecule has 0 saturated heterocycles. The maximum absolute atomic E-state index is 6.27. The van der Waals surface area contributed by atoms with Crippen molar-refractivity contribution in [3.8, 4) is 10.7 Å². The fraction of sp³-hybridized carbons (Fsp3) is 0.455. The number of thiophene rings is 1. The summed E-state index contributed by atoms with van der Waals surface area (Å²) in [6.07, 6.45) is 0. The van der Waals surface area contributed by atoms with E-state index in [1.165, 1.54) is 0 Å². The van der Waals surface area contributed by atoms with Gasteiger partial charge in [-0.2, -0.15) is 0 Å². The van der Waals surface area contributed by atoms with E-state index in [0.717, 1.165) is 40.3 Å². The van der Waals surface area contributed by atoms with Gasteiger partial charge in [-0.1, -0.05) is 11.6 Å². The largest absolute Gasteiger partial charge is 0.355 e. The quantitative estimate of drug-likeness (QED) is 0.926. The molecule has 6 heteroatoms. The first-order valence-corrected chi connectivity index (χ1v) is 6.85. The Balaban J connectivity index is 2.48. The molecule has 2 aromatic rings. The van der Waals surface area contributed by atoms with Crippen molar-refractivity contribution in [3.05, 3.63) is 16.0 Å². The third-order valence-corrected chi connectivity index (χ3v) is 4.20. The van der Waals surface area contributed by atoms with Gasteiger partial charge in [0.1, 0.15) is 0 Å². The molecule has 0 radical (unpaired) electrons. The smallest absolute Gasteiger partial charge is 0.224 e. The Kier molecular flexibility index (Phi) is 3.69. The number of aromatic nitrogens is 3. The summed E-state index contributed by atoms with van der Waals surface area (Å²) in [5.74, 6) is 1.64. The summed E-state index contributed by atoms with van der Waals surface area (Å²) >= 11 is 7.87. The maximum Gasteiger partial charge on any atom is 0.224 e. The Bertz CT molecular complexity index is 518. The minimum atomic E-state index is 0.778. The molecule has 2 aromatic heterocycles. The van der Waals surface area contributed by atoms with Crippen LogP contribution < -0.4 is 5.32 Å². The molecular weight excluding hydrogens is 256 g/mol. The van der Waals surface area contributed by atoms with Gasteiger partial charge in [0.25, 0.3) is 0 Å². The normalized spacial score (nSPS) is 10.8. The average Bonchev–Trinajstić information content (AvgIpc) is 2.85. The second kappa shape index (κ2) is 5.06. The Labute approximate surface area is 110 Å². The molecule has 0 spiro atoms. The van der Waals surface area contributed by atoms with E-state index in [9.17, 15) is 0 Å². The molecule has 0 aliphatic heterocycles. The highest BCUT2D eigenvalue weighted by molar-refractivity contribution is 7.14. The van der Waals surface area contributed by atoms with Gasteiger partial charge >= 0.3 is 0 Å². The number of anilines is 1. The molecule has 0 bridgehead atoms. The van der Waals surface area contributed by atoms with Crippen LogP contribution in [0.4, 0.5) is 5.95 Å². The predicted molar refractivity (Wildman–Crippen MR) is 72.9 cm³/mol. The van der Waals surface area contributed by atoms with E-state index in [4.69, 9.17) is 11.6 Å². The van der Waals surface area contributed by atoms with Crippen LogP contribution in [0.1, 0.15) is 19.4 Å². The van der Waals surface area contributed by atoms with Gasteiger partial charge in [0.2, 0.25) is 5.95 Å². The predicted octanol–water partition coefficient (Wildman–Crippen LogP) is 3.42. The first-order valence-electron chi connectivity index (χ1n) is 5.60. The minimum Gasteiger partial charge on any atom is -0.355 e. The summed E-state index contributed by atoms with van der Waals surface area (Å²) in [7, 11) is 0. The number of rotatable bonds is 4. The average molecular weight is 271 g/mol. The van der Waals surface area contributed by atoms with Crippen LogP contribution >= 0.6 is 22.9 Å². The van der Waals surface area contributed by atoms with Crippen molar-refractivity contribution in [3.63, 3.8) is 0 Å². The van der Waals surface area contributed by atoms with Crippen LogP contribution in [0.25, 0.3) is 10.7 Å². The summed E-state index contributed by atoms with van der Waals surface area (Å²) in [5, 5.41) is 14.4. The highest BCUT2D eigenvalue weighted by Gasteiger charge is 2.17. The monoisotopic (exact) mass is 270 g/mol. The third kappa shape index (κ3) is 2.17. The van der Waals surface area contributed by atoms with Crippen molar-refractivity contribution < 1.29 is 0 Å². The van der Waals surface area contributed by atoms with Gasteiger partial charge in [0.05, 0.1) is 9.90 Å². The topological polar surface area (TPSA) is 42.7 Å². The number of aryl methyl sites for hydroxylation is 1. The van der Waals surface area contributed by atoms with Crippen molar-refractivity contribution in [2.45, 2.75) is 27.3 Å². The lowest BCUT2D eigenvalue weighted by atomic mass is 10.3. The second-order valence-corrected chi connectivity index (χ2v) is 4.94. The molecule has 0 atom stereocenters. The molecule has 1 N–H and O–H groups in total. The van der Waals surface area contributed by atoms with Gasteiger partial charge < -0.3 is 5.32 Å². The minimum absolute atomic E-state index is 0.778. The molecule has 0 unspecified atom stereocenters. The third-order valence-electron chi connectivity index (χ3n) is 2.50. The number of hydrogen-bond donors (Lipinski definition) is 1. The number of halogens is 1. The van der Waals surface area contributed by atoms with Gasteiger partial charge in [0, 0.05) is 13.1 Å². The van der Waals surface area contributed by atoms with Crippen LogP contribution in [-0.4, -0.2) is 21.3 Å². The van der Waals surface area contributed by atoms with Crippen LogP contribution in [-0.2, 0) is 6.54 Å². The molecular formula is C11H15ClN4S. The molecule has 2 heterocycles. The Morgan fingerprint density at radius 2 is 2.18 bits per heavy atom. The van der Waals surface area contributed by atoms with E-state index >= 15 is 0 Å². The Morgan fingerprint density at radius 1 is 1.41 bits per heavy atom. The highest BCUT2D eigenvalue weighted by Crippen LogP contribution is 2.36. The van der Waals surface area contributed by atoms with Gasteiger partial charge in [-0.3, -0.25) is 4.57 Å². The van der Waals surface area contributed by atoms with Gasteiger partial charge in [-0.25, -0.2) is 0 Å². The van der Waals surface area contributed by atoms with Crippen molar-refractivity contribution >= 4 is 28.9 Å². The standard InChI is InChI=1S/C11H15ClN4S/c1-4-13-11-15-14-10(16(11)5-2)9-8(12)7(3)6-17-9/h6H,4-5H2,1-3H3,(H,13,15). The highest BCUT2D eigenvalue weighted by atomic mass is 35.5. The molecule has 0 aliphatic carbocycles. The maximum atomic E-state index is 6.27. The van der Waals surface area contributed by atoms with Gasteiger partial charge in [0.15, 0.2) is 5.82 Å². The first kappa shape index (κ1) is 12.4. The fourth-order valence-electron chi connectivity index (χ4n) is 1.64. The zero-order valence-corrected chi connectivity index (χ0v) is 11.7. The van der Waals surface area contributed by atoms with Gasteiger partial charge in [-0.05, 0) is 31.7 Å². The summed E-state index contributed by atoms with van der Waals surface area (Å²) in [6.45, 7) is 7.76. The molecule has 4 nitrogen and oxygen atoms in total. The first-order chi connectivity index (χ1) is 8.19. The summed E-state index contributed by atoms with van der Waals surface area (Å²) < 4.78 is 2.04. The van der Waals surface area contributed by atoms with Crippen LogP contribution in [0.2, 0.25) is 5.02 Å². The van der Waals surface area contributed by atoms with E-state index in [0.29, 0.717) is 0 Å². The molecule has 0 aromatic carbocycles. The Hall–Kier alpha value is -1.07. The van der Waals surface area contributed by atoms with Crippen molar-refractivity contribution in [2.75, 3.05) is 11.9 Å². The van der Waals surface area contributed by atoms with E-state index in [1.807, 2.05) is 23.8 Å². The van der Waals surface area contributed by atoms with E-state index in [-0.39, 0.29) is 0 Å². The Morgan fingerprint density at radius 3 is 2.71 bits per heavy atom. The van der Waals surface area contributed by atoms with Crippen molar-refractivity contribution in [2.24, 2.45) is 0 Å². The molecule has 2 rings (SSSR count). The molecule has 0 saturated carbocycles. The summed E-state index contributed by atoms with van der Waals surface area (Å²) in [6, 6.07) is 0. The summed E-state index contributed by atoms with van der Waals surface area (Å²) in [5.41, 5.74) is 1.09. The number of nitrogens with zero attached hydrogens (tertiary/aromatic N) is 3. The SMILES string of the molecule is CCNc1nnc(-c2scc(C)c2Cl)n1CC.